The number of imidazole rings is 1. The van der Waals surface area contributed by atoms with Crippen LogP contribution in [0.15, 0.2) is 61.1 Å². The maximum absolute atomic E-state index is 14.6. The van der Waals surface area contributed by atoms with Crippen molar-refractivity contribution < 1.29 is 17.5 Å². The van der Waals surface area contributed by atoms with Gasteiger partial charge in [-0.3, -0.25) is 15.0 Å². The van der Waals surface area contributed by atoms with Crippen LogP contribution in [0.1, 0.15) is 18.4 Å². The molecule has 1 aromatic carbocycles. The smallest absolute Gasteiger partial charge is 0.209 e. The van der Waals surface area contributed by atoms with Gasteiger partial charge in [0.1, 0.15) is 23.7 Å². The minimum atomic E-state index is -3.44. The highest BCUT2D eigenvalue weighted by atomic mass is 32.2. The molecule has 1 aliphatic rings. The summed E-state index contributed by atoms with van der Waals surface area (Å²) < 4.78 is 46.2. The molecule has 45 heavy (non-hydrogen) atoms. The van der Waals surface area contributed by atoms with Crippen molar-refractivity contribution in [2.75, 3.05) is 32.5 Å². The number of nitrogens with zero attached hydrogens (tertiary/aromatic N) is 6. The molecule has 7 rings (SSSR count). The van der Waals surface area contributed by atoms with Crippen LogP contribution in [0.5, 0.6) is 5.75 Å². The SMILES string of the molecule is CS(=O)(=O)NCc1cc(F)cc(-c2ccnc3nc(-c4n[nH]c5ccc(-c6cncc(OCCN7CCCC7)c6)nc45)[nH]c23)c1. The predicted octanol–water partition coefficient (Wildman–Crippen LogP) is 4.29. The number of sulfonamides is 1. The van der Waals surface area contributed by atoms with Crippen LogP contribution in [0.25, 0.3) is 56.1 Å². The number of likely N-dealkylation sites (tertiary alicyclic amines) is 1. The van der Waals surface area contributed by atoms with Gasteiger partial charge in [-0.15, -0.1) is 0 Å². The van der Waals surface area contributed by atoms with Gasteiger partial charge in [0.2, 0.25) is 10.0 Å². The molecule has 6 heterocycles. The Hall–Kier alpha value is -4.79. The molecule has 0 spiro atoms. The summed E-state index contributed by atoms with van der Waals surface area (Å²) in [6.07, 6.45) is 8.59. The summed E-state index contributed by atoms with van der Waals surface area (Å²) in [7, 11) is -3.44. The normalized spacial score (nSPS) is 14.1. The van der Waals surface area contributed by atoms with E-state index in [1.54, 1.807) is 30.7 Å². The zero-order chi connectivity index (χ0) is 31.0. The third-order valence-electron chi connectivity index (χ3n) is 7.71. The first kappa shape index (κ1) is 29.0. The summed E-state index contributed by atoms with van der Waals surface area (Å²) in [5, 5.41) is 7.51. The van der Waals surface area contributed by atoms with E-state index in [9.17, 15) is 12.8 Å². The van der Waals surface area contributed by atoms with Crippen LogP contribution in [-0.2, 0) is 16.6 Å². The van der Waals surface area contributed by atoms with Gasteiger partial charge in [0.05, 0.1) is 29.2 Å². The number of hydrogen-bond donors (Lipinski definition) is 3. The van der Waals surface area contributed by atoms with Gasteiger partial charge in [0.15, 0.2) is 17.2 Å². The second kappa shape index (κ2) is 12.0. The van der Waals surface area contributed by atoms with E-state index in [1.165, 1.54) is 25.0 Å². The van der Waals surface area contributed by atoms with Crippen molar-refractivity contribution in [3.05, 3.63) is 72.4 Å². The fourth-order valence-corrected chi connectivity index (χ4v) is 5.98. The largest absolute Gasteiger partial charge is 0.491 e. The van der Waals surface area contributed by atoms with Gasteiger partial charge in [-0.2, -0.15) is 5.10 Å². The molecule has 12 nitrogen and oxygen atoms in total. The molecular formula is C31H30FN9O3S. The maximum Gasteiger partial charge on any atom is 0.209 e. The van der Waals surface area contributed by atoms with Gasteiger partial charge < -0.3 is 9.72 Å². The van der Waals surface area contributed by atoms with Crippen molar-refractivity contribution in [3.63, 3.8) is 0 Å². The van der Waals surface area contributed by atoms with Crippen LogP contribution in [0.2, 0.25) is 0 Å². The second-order valence-electron chi connectivity index (χ2n) is 11.1. The third kappa shape index (κ3) is 6.38. The standard InChI is InChI=1S/C31H30FN9O3S/c1-45(42,43)35-16-19-12-20(14-22(32)13-19)24-6-7-34-30-27(24)37-31(38-30)29-28-26(39-40-29)5-4-25(36-28)21-15-23(18-33-17-21)44-11-10-41-8-2-3-9-41/h4-7,12-15,17-18,35H,2-3,8-11,16H2,1H3,(H,39,40)(H,34,37,38). The molecular weight excluding hydrogens is 597 g/mol. The molecule has 0 bridgehead atoms. The van der Waals surface area contributed by atoms with Crippen molar-refractivity contribution in [2.45, 2.75) is 19.4 Å². The van der Waals surface area contributed by atoms with Crippen molar-refractivity contribution in [1.29, 1.82) is 0 Å². The van der Waals surface area contributed by atoms with E-state index in [4.69, 9.17) is 9.72 Å². The number of benzene rings is 1. The minimum Gasteiger partial charge on any atom is -0.491 e. The van der Waals surface area contributed by atoms with Crippen LogP contribution >= 0.6 is 0 Å². The Labute approximate surface area is 258 Å². The number of fused-ring (bicyclic) bond motifs is 2. The molecule has 0 atom stereocenters. The molecule has 0 aliphatic carbocycles. The fraction of sp³-hybridized carbons (Fsp3) is 0.258. The first-order valence-electron chi connectivity index (χ1n) is 14.5. The average molecular weight is 628 g/mol. The van der Waals surface area contributed by atoms with Crippen LogP contribution in [0.4, 0.5) is 4.39 Å². The summed E-state index contributed by atoms with van der Waals surface area (Å²) in [5.74, 6) is 0.630. The van der Waals surface area contributed by atoms with E-state index < -0.39 is 15.8 Å². The van der Waals surface area contributed by atoms with Crippen LogP contribution < -0.4 is 9.46 Å². The summed E-state index contributed by atoms with van der Waals surface area (Å²) in [5.41, 5.74) is 6.01. The lowest BCUT2D eigenvalue weighted by Crippen LogP contribution is -2.25. The first-order valence-corrected chi connectivity index (χ1v) is 16.4. The summed E-state index contributed by atoms with van der Waals surface area (Å²) in [6, 6.07) is 11.9. The number of nitrogens with one attached hydrogen (secondary N) is 3. The zero-order valence-electron chi connectivity index (χ0n) is 24.4. The molecule has 14 heteroatoms. The van der Waals surface area contributed by atoms with E-state index in [0.717, 1.165) is 37.0 Å². The molecule has 5 aromatic heterocycles. The highest BCUT2D eigenvalue weighted by molar-refractivity contribution is 7.88. The lowest BCUT2D eigenvalue weighted by molar-refractivity contribution is 0.237. The molecule has 0 amide bonds. The predicted molar refractivity (Wildman–Crippen MR) is 168 cm³/mol. The molecule has 1 saturated heterocycles. The van der Waals surface area contributed by atoms with Gasteiger partial charge >= 0.3 is 0 Å². The third-order valence-corrected chi connectivity index (χ3v) is 8.38. The zero-order valence-corrected chi connectivity index (χ0v) is 25.2. The van der Waals surface area contributed by atoms with E-state index in [-0.39, 0.29) is 6.54 Å². The van der Waals surface area contributed by atoms with Gasteiger partial charge in [0.25, 0.3) is 0 Å². The summed E-state index contributed by atoms with van der Waals surface area (Å²) >= 11 is 0. The number of rotatable bonds is 10. The summed E-state index contributed by atoms with van der Waals surface area (Å²) in [6.45, 7) is 3.69. The average Bonchev–Trinajstić information content (AvgIpc) is 3.79. The quantitative estimate of drug-likeness (QED) is 0.202. The lowest BCUT2D eigenvalue weighted by atomic mass is 10.0. The van der Waals surface area contributed by atoms with E-state index >= 15 is 0 Å². The highest BCUT2D eigenvalue weighted by Gasteiger charge is 2.18. The molecule has 0 radical (unpaired) electrons. The van der Waals surface area contributed by atoms with Crippen LogP contribution in [0.3, 0.4) is 0 Å². The Morgan fingerprint density at radius 1 is 1.04 bits per heavy atom. The number of halogens is 1. The minimum absolute atomic E-state index is 0.0392. The Morgan fingerprint density at radius 3 is 2.76 bits per heavy atom. The van der Waals surface area contributed by atoms with Crippen LogP contribution in [0, 0.1) is 5.82 Å². The van der Waals surface area contributed by atoms with Gasteiger partial charge in [-0.1, -0.05) is 0 Å². The van der Waals surface area contributed by atoms with Gasteiger partial charge in [-0.25, -0.2) is 32.5 Å². The van der Waals surface area contributed by atoms with E-state index in [1.807, 2.05) is 18.2 Å². The second-order valence-corrected chi connectivity index (χ2v) is 12.9. The number of aromatic nitrogens is 7. The molecule has 0 saturated carbocycles. The van der Waals surface area contributed by atoms with Crippen LogP contribution in [-0.4, -0.2) is 80.9 Å². The molecule has 0 unspecified atom stereocenters. The molecule has 230 valence electrons. The monoisotopic (exact) mass is 627 g/mol. The molecule has 6 aromatic rings. The summed E-state index contributed by atoms with van der Waals surface area (Å²) in [4.78, 5) is 24.1. The molecule has 1 aliphatic heterocycles. The van der Waals surface area contributed by atoms with Crippen molar-refractivity contribution in [2.24, 2.45) is 0 Å². The first-order chi connectivity index (χ1) is 21.8. The number of pyridine rings is 3. The number of H-pyrrole nitrogens is 2. The number of hydrogen-bond acceptors (Lipinski definition) is 9. The topological polar surface area (TPSA) is 155 Å². The van der Waals surface area contributed by atoms with Crippen molar-refractivity contribution >= 4 is 32.2 Å². The van der Waals surface area contributed by atoms with Gasteiger partial charge in [0, 0.05) is 36.6 Å². The number of aromatic amines is 2. The van der Waals surface area contributed by atoms with Crippen molar-refractivity contribution in [3.8, 4) is 39.7 Å². The maximum atomic E-state index is 14.6. The van der Waals surface area contributed by atoms with E-state index in [2.05, 4.69) is 39.8 Å². The van der Waals surface area contributed by atoms with Crippen molar-refractivity contribution in [1.82, 2.24) is 44.7 Å². The fourth-order valence-electron chi connectivity index (χ4n) is 5.55. The Kier molecular flexibility index (Phi) is 7.69. The Bertz CT molecular complexity index is 2120. The molecule has 1 fully saturated rings. The number of ether oxygens (including phenoxy) is 1. The highest BCUT2D eigenvalue weighted by Crippen LogP contribution is 2.32. The van der Waals surface area contributed by atoms with Gasteiger partial charge in [-0.05, 0) is 79.5 Å². The van der Waals surface area contributed by atoms with E-state index in [0.29, 0.717) is 62.9 Å². The Morgan fingerprint density at radius 2 is 1.91 bits per heavy atom. The molecule has 3 N–H and O–H groups in total. The lowest BCUT2D eigenvalue weighted by Gasteiger charge is -2.15. The Balaban J connectivity index is 1.19.